The van der Waals surface area contributed by atoms with Crippen molar-refractivity contribution < 1.29 is 32.7 Å². The van der Waals surface area contributed by atoms with Gasteiger partial charge in [-0.1, -0.05) is 83.3 Å². The number of carbonyl (C=O) groups excluding carboxylic acids is 2. The summed E-state index contributed by atoms with van der Waals surface area (Å²) >= 11 is 0. The van der Waals surface area contributed by atoms with Crippen LogP contribution in [-0.4, -0.2) is 34.3 Å². The Balaban J connectivity index is 1.77. The number of nitrogens with one attached hydrogen (secondary N) is 1. The number of anilines is 1. The van der Waals surface area contributed by atoms with Gasteiger partial charge in [0.1, 0.15) is 6.54 Å². The normalized spacial score (nSPS) is 11.3. The zero-order valence-corrected chi connectivity index (χ0v) is 23.3. The first-order valence-electron chi connectivity index (χ1n) is 14.2. The maximum Gasteiger partial charge on any atom is 0.416 e. The SMILES string of the molecule is CCCCCCCCCCCCCC(=O)Nc1ccc(CN(CC(=O)O)C(=O)c2ccc(C(F)(F)F)cc2)cc1. The predicted molar refractivity (Wildman–Crippen MR) is 150 cm³/mol. The number of rotatable bonds is 18. The monoisotopic (exact) mass is 562 g/mol. The molecule has 0 aromatic heterocycles. The summed E-state index contributed by atoms with van der Waals surface area (Å²) in [4.78, 5) is 37.5. The lowest BCUT2D eigenvalue weighted by Gasteiger charge is -2.21. The Bertz CT molecular complexity index is 1050. The van der Waals surface area contributed by atoms with Crippen molar-refractivity contribution in [2.24, 2.45) is 0 Å². The molecule has 0 aliphatic carbocycles. The van der Waals surface area contributed by atoms with Crippen LogP contribution in [0.2, 0.25) is 0 Å². The molecule has 2 aromatic carbocycles. The van der Waals surface area contributed by atoms with E-state index in [4.69, 9.17) is 0 Å². The van der Waals surface area contributed by atoms with Gasteiger partial charge in [0.15, 0.2) is 0 Å². The van der Waals surface area contributed by atoms with Crippen LogP contribution in [0.4, 0.5) is 18.9 Å². The number of nitrogens with zero attached hydrogens (tertiary/aromatic N) is 1. The molecule has 0 radical (unpaired) electrons. The number of hydrogen-bond donors (Lipinski definition) is 2. The molecule has 220 valence electrons. The van der Waals surface area contributed by atoms with Crippen molar-refractivity contribution in [3.05, 3.63) is 65.2 Å². The highest BCUT2D eigenvalue weighted by Gasteiger charge is 2.30. The molecule has 0 heterocycles. The number of carbonyl (C=O) groups is 3. The molecule has 0 bridgehead atoms. The van der Waals surface area contributed by atoms with Gasteiger partial charge in [-0.15, -0.1) is 0 Å². The van der Waals surface area contributed by atoms with Crippen molar-refractivity contribution in [1.82, 2.24) is 4.90 Å². The van der Waals surface area contributed by atoms with E-state index in [1.165, 1.54) is 51.4 Å². The topological polar surface area (TPSA) is 86.7 Å². The molecule has 0 unspecified atom stereocenters. The molecule has 2 aromatic rings. The van der Waals surface area contributed by atoms with Crippen molar-refractivity contribution in [3.8, 4) is 0 Å². The number of aliphatic carboxylic acids is 1. The number of carboxylic acids is 1. The van der Waals surface area contributed by atoms with Gasteiger partial charge >= 0.3 is 12.1 Å². The van der Waals surface area contributed by atoms with Crippen LogP contribution < -0.4 is 5.32 Å². The molecule has 2 rings (SSSR count). The Kier molecular flexibility index (Phi) is 14.3. The smallest absolute Gasteiger partial charge is 0.416 e. The third-order valence-electron chi connectivity index (χ3n) is 6.69. The number of benzene rings is 2. The van der Waals surface area contributed by atoms with Gasteiger partial charge in [-0.05, 0) is 48.4 Å². The van der Waals surface area contributed by atoms with Crippen molar-refractivity contribution in [3.63, 3.8) is 0 Å². The molecule has 0 aliphatic heterocycles. The van der Waals surface area contributed by atoms with Gasteiger partial charge in [-0.3, -0.25) is 14.4 Å². The van der Waals surface area contributed by atoms with Gasteiger partial charge in [0, 0.05) is 24.2 Å². The summed E-state index contributed by atoms with van der Waals surface area (Å²) in [5.41, 5.74) is 0.274. The Morgan fingerprint density at radius 3 is 1.80 bits per heavy atom. The molecule has 2 N–H and O–H groups in total. The van der Waals surface area contributed by atoms with Gasteiger partial charge < -0.3 is 15.3 Å². The molecular weight excluding hydrogens is 521 g/mol. The lowest BCUT2D eigenvalue weighted by molar-refractivity contribution is -0.138. The first-order chi connectivity index (χ1) is 19.1. The molecule has 9 heteroatoms. The van der Waals surface area contributed by atoms with Crippen molar-refractivity contribution in [2.75, 3.05) is 11.9 Å². The van der Waals surface area contributed by atoms with E-state index in [2.05, 4.69) is 12.2 Å². The minimum atomic E-state index is -4.54. The van der Waals surface area contributed by atoms with E-state index in [-0.39, 0.29) is 18.0 Å². The number of amides is 2. The van der Waals surface area contributed by atoms with Gasteiger partial charge in [0.25, 0.3) is 5.91 Å². The first-order valence-corrected chi connectivity index (χ1v) is 14.2. The minimum absolute atomic E-state index is 0.0412. The number of hydrogen-bond acceptors (Lipinski definition) is 3. The van der Waals surface area contributed by atoms with Gasteiger partial charge in [-0.2, -0.15) is 13.2 Å². The second-order valence-corrected chi connectivity index (χ2v) is 10.2. The average molecular weight is 563 g/mol. The fraction of sp³-hybridized carbons (Fsp3) is 0.516. The fourth-order valence-electron chi connectivity index (χ4n) is 4.43. The molecule has 2 amide bonds. The highest BCUT2D eigenvalue weighted by atomic mass is 19.4. The number of unbranched alkanes of at least 4 members (excludes halogenated alkanes) is 10. The fourth-order valence-corrected chi connectivity index (χ4v) is 4.43. The van der Waals surface area contributed by atoms with Crippen LogP contribution in [0.1, 0.15) is 105 Å². The van der Waals surface area contributed by atoms with E-state index in [0.29, 0.717) is 17.7 Å². The lowest BCUT2D eigenvalue weighted by Crippen LogP contribution is -2.35. The third kappa shape index (κ3) is 12.7. The van der Waals surface area contributed by atoms with Crippen molar-refractivity contribution in [2.45, 2.75) is 96.7 Å². The Hall–Kier alpha value is -3.36. The van der Waals surface area contributed by atoms with Gasteiger partial charge in [0.05, 0.1) is 5.56 Å². The molecular formula is C31H41F3N2O4. The van der Waals surface area contributed by atoms with Crippen LogP contribution in [0, 0.1) is 0 Å². The molecule has 0 saturated carbocycles. The summed E-state index contributed by atoms with van der Waals surface area (Å²) < 4.78 is 38.5. The minimum Gasteiger partial charge on any atom is -0.480 e. The first kappa shape index (κ1) is 32.8. The standard InChI is InChI=1S/C31H41F3N2O4/c1-2-3-4-5-6-7-8-9-10-11-12-13-28(37)35-27-20-14-24(15-21-27)22-36(23-29(38)39)30(40)25-16-18-26(19-17-25)31(32,33)34/h14-21H,2-13,22-23H2,1H3,(H,35,37)(H,38,39). The molecule has 0 fully saturated rings. The van der Waals surface area contributed by atoms with Crippen LogP contribution in [0.15, 0.2) is 48.5 Å². The van der Waals surface area contributed by atoms with E-state index >= 15 is 0 Å². The van der Waals surface area contributed by atoms with E-state index in [0.717, 1.165) is 48.4 Å². The Labute approximate surface area is 235 Å². The second-order valence-electron chi connectivity index (χ2n) is 10.2. The third-order valence-corrected chi connectivity index (χ3v) is 6.69. The largest absolute Gasteiger partial charge is 0.480 e. The molecule has 0 spiro atoms. The maximum absolute atomic E-state index is 12.8. The second kappa shape index (κ2) is 17.4. The Morgan fingerprint density at radius 1 is 0.775 bits per heavy atom. The quantitative estimate of drug-likeness (QED) is 0.180. The van der Waals surface area contributed by atoms with Gasteiger partial charge in [0.2, 0.25) is 5.91 Å². The summed E-state index contributed by atoms with van der Waals surface area (Å²) in [6.45, 7) is 1.55. The van der Waals surface area contributed by atoms with Crippen molar-refractivity contribution in [1.29, 1.82) is 0 Å². The summed E-state index contributed by atoms with van der Waals surface area (Å²) in [5, 5.41) is 12.1. The summed E-state index contributed by atoms with van der Waals surface area (Å²) in [6.07, 6.45) is 9.21. The van der Waals surface area contributed by atoms with Crippen LogP contribution in [0.5, 0.6) is 0 Å². The molecule has 0 aliphatic rings. The van der Waals surface area contributed by atoms with Gasteiger partial charge in [-0.25, -0.2) is 0 Å². The Morgan fingerprint density at radius 2 is 1.30 bits per heavy atom. The number of halogens is 3. The number of carboxylic acid groups (broad SMARTS) is 1. The van der Waals surface area contributed by atoms with Crippen LogP contribution in [0.25, 0.3) is 0 Å². The van der Waals surface area contributed by atoms with Crippen LogP contribution >= 0.6 is 0 Å². The molecule has 0 atom stereocenters. The zero-order chi connectivity index (χ0) is 29.4. The summed E-state index contributed by atoms with van der Waals surface area (Å²) in [7, 11) is 0. The molecule has 6 nitrogen and oxygen atoms in total. The van der Waals surface area contributed by atoms with E-state index in [1.807, 2.05) is 0 Å². The molecule has 0 saturated heterocycles. The van der Waals surface area contributed by atoms with Crippen LogP contribution in [-0.2, 0) is 22.3 Å². The highest BCUT2D eigenvalue weighted by Crippen LogP contribution is 2.29. The summed E-state index contributed by atoms with van der Waals surface area (Å²) in [5.74, 6) is -2.01. The highest BCUT2D eigenvalue weighted by molar-refractivity contribution is 5.96. The van der Waals surface area contributed by atoms with E-state index in [1.54, 1.807) is 24.3 Å². The average Bonchev–Trinajstić information content (AvgIpc) is 2.91. The summed E-state index contributed by atoms with van der Waals surface area (Å²) in [6, 6.07) is 10.4. The number of alkyl halides is 3. The van der Waals surface area contributed by atoms with E-state index in [9.17, 15) is 32.7 Å². The maximum atomic E-state index is 12.8. The zero-order valence-electron chi connectivity index (χ0n) is 23.3. The predicted octanol–water partition coefficient (Wildman–Crippen LogP) is 8.07. The van der Waals surface area contributed by atoms with Crippen molar-refractivity contribution >= 4 is 23.5 Å². The van der Waals surface area contributed by atoms with E-state index < -0.39 is 30.2 Å². The molecule has 40 heavy (non-hydrogen) atoms. The van der Waals surface area contributed by atoms with Crippen LogP contribution in [0.3, 0.4) is 0 Å². The lowest BCUT2D eigenvalue weighted by atomic mass is 10.1.